The molecular weight excluding hydrogens is 285 g/mol. The van der Waals surface area contributed by atoms with E-state index in [-0.39, 0.29) is 5.56 Å². The van der Waals surface area contributed by atoms with Gasteiger partial charge in [-0.1, -0.05) is 28.1 Å². The van der Waals surface area contributed by atoms with Gasteiger partial charge in [0.25, 0.3) is 0 Å². The number of rotatable bonds is 2. The molecule has 1 aromatic rings. The summed E-state index contributed by atoms with van der Waals surface area (Å²) in [5.41, 5.74) is -0.783. The Hall–Kier alpha value is -0.840. The zero-order chi connectivity index (χ0) is 12.5. The lowest BCUT2D eigenvalue weighted by atomic mass is 9.96. The van der Waals surface area contributed by atoms with Crippen molar-refractivity contribution in [2.75, 3.05) is 0 Å². The molecule has 0 aromatic heterocycles. The molecule has 5 heteroatoms. The Balaban J connectivity index is 3.41. The number of hydrogen-bond donors (Lipinski definition) is 0. The summed E-state index contributed by atoms with van der Waals surface area (Å²) in [6, 6.07) is 3.72. The van der Waals surface area contributed by atoms with E-state index in [4.69, 9.17) is 0 Å². The molecule has 1 unspecified atom stereocenters. The fourth-order valence-electron chi connectivity index (χ4n) is 1.43. The number of carbonyl (C=O) groups is 1. The number of benzene rings is 1. The third kappa shape index (κ3) is 2.64. The van der Waals surface area contributed by atoms with Crippen molar-refractivity contribution in [3.05, 3.63) is 34.9 Å². The third-order valence-electron chi connectivity index (χ3n) is 2.19. The first-order chi connectivity index (χ1) is 7.25. The first-order valence-corrected chi connectivity index (χ1v) is 5.52. The predicted molar refractivity (Wildman–Crippen MR) is 58.9 cm³/mol. The second-order valence-electron chi connectivity index (χ2n) is 3.48. The van der Waals surface area contributed by atoms with Gasteiger partial charge in [0.2, 0.25) is 0 Å². The van der Waals surface area contributed by atoms with E-state index < -0.39 is 22.4 Å². The van der Waals surface area contributed by atoms with E-state index in [9.17, 15) is 18.0 Å². The second-order valence-corrected chi connectivity index (χ2v) is 4.85. The molecule has 0 saturated carbocycles. The molecule has 0 N–H and O–H groups in total. The molecule has 0 spiro atoms. The molecule has 1 aromatic carbocycles. The maximum absolute atomic E-state index is 12.7. The molecule has 1 atom stereocenters. The van der Waals surface area contributed by atoms with Crippen molar-refractivity contribution in [3.8, 4) is 0 Å². The number of aryl methyl sites for hydroxylation is 1. The molecule has 0 aliphatic heterocycles. The van der Waals surface area contributed by atoms with Crippen molar-refractivity contribution in [1.29, 1.82) is 0 Å². The number of Topliss-reactive ketones (excluding diaryl/α,β-unsaturated/α-hetero) is 1. The van der Waals surface area contributed by atoms with Gasteiger partial charge >= 0.3 is 6.18 Å². The van der Waals surface area contributed by atoms with Crippen molar-refractivity contribution in [2.45, 2.75) is 24.9 Å². The van der Waals surface area contributed by atoms with Gasteiger partial charge in [0.1, 0.15) is 0 Å². The van der Waals surface area contributed by atoms with Gasteiger partial charge in [0, 0.05) is 5.56 Å². The van der Waals surface area contributed by atoms with Crippen LogP contribution in [0.2, 0.25) is 0 Å². The Morgan fingerprint density at radius 3 is 2.38 bits per heavy atom. The van der Waals surface area contributed by atoms with Gasteiger partial charge in [-0.25, -0.2) is 0 Å². The van der Waals surface area contributed by atoms with Gasteiger partial charge < -0.3 is 0 Å². The van der Waals surface area contributed by atoms with Crippen molar-refractivity contribution in [1.82, 2.24) is 0 Å². The highest BCUT2D eigenvalue weighted by atomic mass is 79.9. The van der Waals surface area contributed by atoms with Gasteiger partial charge in [0.15, 0.2) is 5.78 Å². The Morgan fingerprint density at radius 1 is 1.38 bits per heavy atom. The minimum absolute atomic E-state index is 0.251. The Labute approximate surface area is 99.8 Å². The van der Waals surface area contributed by atoms with Gasteiger partial charge in [-0.2, -0.15) is 13.2 Å². The normalized spacial score (nSPS) is 13.6. The van der Waals surface area contributed by atoms with Gasteiger partial charge in [-0.05, 0) is 25.5 Å². The van der Waals surface area contributed by atoms with Crippen LogP contribution in [0.5, 0.6) is 0 Å². The van der Waals surface area contributed by atoms with Crippen molar-refractivity contribution < 1.29 is 18.0 Å². The minimum atomic E-state index is -4.50. The summed E-state index contributed by atoms with van der Waals surface area (Å²) in [5, 5.41) is 0. The second kappa shape index (κ2) is 4.57. The van der Waals surface area contributed by atoms with Crippen LogP contribution in [0.1, 0.15) is 28.4 Å². The molecule has 1 rings (SSSR count). The van der Waals surface area contributed by atoms with Crippen LogP contribution in [-0.2, 0) is 6.18 Å². The molecule has 0 saturated heterocycles. The summed E-state index contributed by atoms with van der Waals surface area (Å²) in [6.07, 6.45) is -4.50. The zero-order valence-electron chi connectivity index (χ0n) is 8.73. The van der Waals surface area contributed by atoms with Crippen molar-refractivity contribution >= 4 is 21.7 Å². The topological polar surface area (TPSA) is 17.1 Å². The number of carbonyl (C=O) groups excluding carboxylic acids is 1. The van der Waals surface area contributed by atoms with Gasteiger partial charge in [-0.3, -0.25) is 4.79 Å². The highest BCUT2D eigenvalue weighted by molar-refractivity contribution is 9.10. The van der Waals surface area contributed by atoms with Crippen LogP contribution in [0.25, 0.3) is 0 Å². The predicted octanol–water partition coefficient (Wildman–Crippen LogP) is 3.98. The summed E-state index contributed by atoms with van der Waals surface area (Å²) >= 11 is 2.99. The van der Waals surface area contributed by atoms with E-state index in [0.29, 0.717) is 5.56 Å². The smallest absolute Gasteiger partial charge is 0.293 e. The summed E-state index contributed by atoms with van der Waals surface area (Å²) < 4.78 is 38.1. The highest BCUT2D eigenvalue weighted by Gasteiger charge is 2.36. The Bertz CT molecular complexity index is 410. The van der Waals surface area contributed by atoms with Gasteiger partial charge in [0.05, 0.1) is 10.4 Å². The molecule has 0 heterocycles. The maximum Gasteiger partial charge on any atom is 0.417 e. The van der Waals surface area contributed by atoms with Crippen LogP contribution in [0.4, 0.5) is 13.2 Å². The number of ketones is 1. The molecule has 16 heavy (non-hydrogen) atoms. The van der Waals surface area contributed by atoms with Crippen LogP contribution in [0, 0.1) is 6.92 Å². The van der Waals surface area contributed by atoms with Gasteiger partial charge in [-0.15, -0.1) is 0 Å². The van der Waals surface area contributed by atoms with E-state index in [0.717, 1.165) is 6.07 Å². The minimum Gasteiger partial charge on any atom is -0.293 e. The first-order valence-electron chi connectivity index (χ1n) is 4.60. The molecule has 0 radical (unpaired) electrons. The summed E-state index contributed by atoms with van der Waals surface area (Å²) in [5.74, 6) is -0.551. The van der Waals surface area contributed by atoms with Crippen LogP contribution in [-0.4, -0.2) is 10.6 Å². The Kier molecular flexibility index (Phi) is 3.78. The van der Waals surface area contributed by atoms with E-state index in [2.05, 4.69) is 15.9 Å². The highest BCUT2D eigenvalue weighted by Crippen LogP contribution is 2.34. The molecule has 88 valence electrons. The average molecular weight is 295 g/mol. The largest absolute Gasteiger partial charge is 0.417 e. The number of alkyl halides is 4. The zero-order valence-corrected chi connectivity index (χ0v) is 10.3. The molecule has 1 nitrogen and oxygen atoms in total. The fourth-order valence-corrected chi connectivity index (χ4v) is 1.66. The fraction of sp³-hybridized carbons (Fsp3) is 0.364. The quantitative estimate of drug-likeness (QED) is 0.596. The summed E-state index contributed by atoms with van der Waals surface area (Å²) in [6.45, 7) is 3.01. The van der Waals surface area contributed by atoms with E-state index in [1.54, 1.807) is 0 Å². The third-order valence-corrected chi connectivity index (χ3v) is 2.60. The van der Waals surface area contributed by atoms with E-state index in [1.807, 2.05) is 0 Å². The first kappa shape index (κ1) is 13.2. The van der Waals surface area contributed by atoms with Crippen molar-refractivity contribution in [3.63, 3.8) is 0 Å². The number of halogens is 4. The molecule has 0 aliphatic rings. The lowest BCUT2D eigenvalue weighted by Gasteiger charge is -2.15. The molecule has 0 fully saturated rings. The summed E-state index contributed by atoms with van der Waals surface area (Å²) in [7, 11) is 0. The van der Waals surface area contributed by atoms with E-state index in [1.165, 1.54) is 26.0 Å². The lowest BCUT2D eigenvalue weighted by molar-refractivity contribution is -0.137. The molecule has 0 aliphatic carbocycles. The molecule has 0 amide bonds. The summed E-state index contributed by atoms with van der Waals surface area (Å²) in [4.78, 5) is 11.1. The Morgan fingerprint density at radius 2 is 1.94 bits per heavy atom. The van der Waals surface area contributed by atoms with Crippen molar-refractivity contribution in [2.24, 2.45) is 0 Å². The molecular formula is C11H10BrF3O. The van der Waals surface area contributed by atoms with Crippen LogP contribution < -0.4 is 0 Å². The van der Waals surface area contributed by atoms with Crippen LogP contribution >= 0.6 is 15.9 Å². The lowest BCUT2D eigenvalue weighted by Crippen LogP contribution is -2.19. The number of hydrogen-bond acceptors (Lipinski definition) is 1. The maximum atomic E-state index is 12.7. The monoisotopic (exact) mass is 294 g/mol. The molecule has 0 bridgehead atoms. The van der Waals surface area contributed by atoms with E-state index >= 15 is 0 Å². The SMILES string of the molecule is Cc1cccc(C(F)(F)F)c1C(=O)C(C)Br. The van der Waals surface area contributed by atoms with Crippen LogP contribution in [0.3, 0.4) is 0 Å². The standard InChI is InChI=1S/C11H10BrF3O/c1-6-4-3-5-8(11(13,14)15)9(6)10(16)7(2)12/h3-5,7H,1-2H3. The average Bonchev–Trinajstić information content (AvgIpc) is 2.14. The van der Waals surface area contributed by atoms with Crippen LogP contribution in [0.15, 0.2) is 18.2 Å².